The van der Waals surface area contributed by atoms with Crippen molar-refractivity contribution in [3.05, 3.63) is 42.0 Å². The molecule has 1 aliphatic rings. The van der Waals surface area contributed by atoms with Gasteiger partial charge in [0.25, 0.3) is 0 Å². The second-order valence-corrected chi connectivity index (χ2v) is 6.79. The molecule has 134 valence electrons. The Balaban J connectivity index is 1.52. The minimum Gasteiger partial charge on any atom is -0.491 e. The van der Waals surface area contributed by atoms with Crippen LogP contribution in [-0.4, -0.2) is 19.3 Å². The standard InChI is InChI=1S/C22H34O2/c1-2-3-4-5-6-7-8-9-10-11-12-15-20-16-13-14-17-22(20)24-19-21-18-23-21/h8-9,13-14,16-17,21H,2-7,10-12,15,18-19H2,1H3/b9-8+. The van der Waals surface area contributed by atoms with Crippen LogP contribution in [0, 0.1) is 0 Å². The molecular weight excluding hydrogens is 296 g/mol. The predicted molar refractivity (Wildman–Crippen MR) is 102 cm³/mol. The number of ether oxygens (including phenoxy) is 2. The molecule has 0 N–H and O–H groups in total. The summed E-state index contributed by atoms with van der Waals surface area (Å²) in [4.78, 5) is 0. The monoisotopic (exact) mass is 330 g/mol. The zero-order valence-corrected chi connectivity index (χ0v) is 15.3. The van der Waals surface area contributed by atoms with Gasteiger partial charge >= 0.3 is 0 Å². The number of aryl methyl sites for hydroxylation is 1. The molecule has 24 heavy (non-hydrogen) atoms. The van der Waals surface area contributed by atoms with Gasteiger partial charge in [0, 0.05) is 0 Å². The van der Waals surface area contributed by atoms with Gasteiger partial charge in [-0.25, -0.2) is 0 Å². The van der Waals surface area contributed by atoms with Crippen LogP contribution in [0.1, 0.15) is 70.3 Å². The van der Waals surface area contributed by atoms with Crippen molar-refractivity contribution < 1.29 is 9.47 Å². The molecule has 2 nitrogen and oxygen atoms in total. The molecule has 0 bridgehead atoms. The molecule has 0 amide bonds. The summed E-state index contributed by atoms with van der Waals surface area (Å²) in [5, 5.41) is 0. The van der Waals surface area contributed by atoms with Gasteiger partial charge in [-0.05, 0) is 50.2 Å². The first-order valence-electron chi connectivity index (χ1n) is 9.87. The van der Waals surface area contributed by atoms with Gasteiger partial charge in [-0.3, -0.25) is 0 Å². The highest BCUT2D eigenvalue weighted by Crippen LogP contribution is 2.22. The molecule has 1 aromatic rings. The van der Waals surface area contributed by atoms with Crippen LogP contribution in [0.2, 0.25) is 0 Å². The zero-order valence-electron chi connectivity index (χ0n) is 15.3. The Morgan fingerprint density at radius 3 is 2.46 bits per heavy atom. The maximum absolute atomic E-state index is 5.87. The SMILES string of the molecule is CCCCCCC/C=C/CCCCc1ccccc1OCC1CO1. The summed E-state index contributed by atoms with van der Waals surface area (Å²) < 4.78 is 11.1. The largest absolute Gasteiger partial charge is 0.491 e. The Hall–Kier alpha value is -1.28. The summed E-state index contributed by atoms with van der Waals surface area (Å²) in [6, 6.07) is 8.43. The number of hydrogen-bond donors (Lipinski definition) is 0. The minimum atomic E-state index is 0.324. The van der Waals surface area contributed by atoms with Crippen molar-refractivity contribution in [1.29, 1.82) is 0 Å². The lowest BCUT2D eigenvalue weighted by atomic mass is 10.1. The van der Waals surface area contributed by atoms with Gasteiger partial charge in [-0.2, -0.15) is 0 Å². The first-order chi connectivity index (χ1) is 11.9. The van der Waals surface area contributed by atoms with Crippen LogP contribution >= 0.6 is 0 Å². The average Bonchev–Trinajstić information content (AvgIpc) is 3.43. The van der Waals surface area contributed by atoms with Gasteiger partial charge < -0.3 is 9.47 Å². The molecule has 1 atom stereocenters. The summed E-state index contributed by atoms with van der Waals surface area (Å²) in [7, 11) is 0. The molecule has 1 aromatic carbocycles. The fourth-order valence-electron chi connectivity index (χ4n) is 2.88. The molecule has 0 spiro atoms. The van der Waals surface area contributed by atoms with Crippen LogP contribution in [0.25, 0.3) is 0 Å². The number of epoxide rings is 1. The van der Waals surface area contributed by atoms with E-state index in [0.29, 0.717) is 12.7 Å². The van der Waals surface area contributed by atoms with Crippen molar-refractivity contribution in [3.8, 4) is 5.75 Å². The maximum Gasteiger partial charge on any atom is 0.122 e. The van der Waals surface area contributed by atoms with Crippen molar-refractivity contribution in [2.24, 2.45) is 0 Å². The average molecular weight is 331 g/mol. The highest BCUT2D eigenvalue weighted by Gasteiger charge is 2.23. The third-order valence-electron chi connectivity index (χ3n) is 4.51. The van der Waals surface area contributed by atoms with E-state index in [1.807, 2.05) is 0 Å². The van der Waals surface area contributed by atoms with E-state index in [1.54, 1.807) is 0 Å². The first kappa shape index (κ1) is 19.1. The molecular formula is C22H34O2. The third kappa shape index (κ3) is 8.54. The quantitative estimate of drug-likeness (QED) is 0.234. The molecule has 2 rings (SSSR count). The summed E-state index contributed by atoms with van der Waals surface area (Å²) in [6.45, 7) is 3.82. The highest BCUT2D eigenvalue weighted by atomic mass is 16.6. The van der Waals surface area contributed by atoms with E-state index in [2.05, 4.69) is 43.3 Å². The van der Waals surface area contributed by atoms with Crippen molar-refractivity contribution >= 4 is 0 Å². The predicted octanol–water partition coefficient (Wildman–Crippen LogP) is 6.09. The molecule has 0 saturated carbocycles. The van der Waals surface area contributed by atoms with Gasteiger partial charge in [0.1, 0.15) is 18.5 Å². The molecule has 0 aromatic heterocycles. The summed E-state index contributed by atoms with van der Waals surface area (Å²) in [5.74, 6) is 1.04. The van der Waals surface area contributed by atoms with Crippen molar-refractivity contribution in [2.75, 3.05) is 13.2 Å². The number of rotatable bonds is 14. The van der Waals surface area contributed by atoms with Crippen LogP contribution in [0.15, 0.2) is 36.4 Å². The molecule has 2 heteroatoms. The Morgan fingerprint density at radius 1 is 1.00 bits per heavy atom. The van der Waals surface area contributed by atoms with E-state index in [4.69, 9.17) is 9.47 Å². The van der Waals surface area contributed by atoms with Crippen molar-refractivity contribution in [3.63, 3.8) is 0 Å². The van der Waals surface area contributed by atoms with Gasteiger partial charge in [-0.15, -0.1) is 0 Å². The van der Waals surface area contributed by atoms with E-state index in [-0.39, 0.29) is 0 Å². The minimum absolute atomic E-state index is 0.324. The van der Waals surface area contributed by atoms with Gasteiger partial charge in [-0.1, -0.05) is 63.0 Å². The lowest BCUT2D eigenvalue weighted by Gasteiger charge is -2.10. The van der Waals surface area contributed by atoms with E-state index in [0.717, 1.165) is 18.8 Å². The van der Waals surface area contributed by atoms with Gasteiger partial charge in [0.2, 0.25) is 0 Å². The molecule has 1 fully saturated rings. The normalized spacial score (nSPS) is 16.6. The molecule has 0 aliphatic carbocycles. The summed E-state index contributed by atoms with van der Waals surface area (Å²) in [5.41, 5.74) is 1.33. The number of allylic oxidation sites excluding steroid dienone is 2. The van der Waals surface area contributed by atoms with E-state index in [1.165, 1.54) is 63.4 Å². The Morgan fingerprint density at radius 2 is 1.71 bits per heavy atom. The molecule has 1 saturated heterocycles. The number of benzene rings is 1. The fourth-order valence-corrected chi connectivity index (χ4v) is 2.88. The Labute approximate surface area is 148 Å². The number of hydrogen-bond acceptors (Lipinski definition) is 2. The van der Waals surface area contributed by atoms with Crippen molar-refractivity contribution in [1.82, 2.24) is 0 Å². The molecule has 1 unspecified atom stereocenters. The van der Waals surface area contributed by atoms with Gasteiger partial charge in [0.15, 0.2) is 0 Å². The van der Waals surface area contributed by atoms with E-state index < -0.39 is 0 Å². The van der Waals surface area contributed by atoms with Crippen LogP contribution in [0.4, 0.5) is 0 Å². The Bertz CT molecular complexity index is 463. The second kappa shape index (κ2) is 12.1. The molecule has 0 radical (unpaired) electrons. The molecule has 1 heterocycles. The second-order valence-electron chi connectivity index (χ2n) is 6.79. The summed E-state index contributed by atoms with van der Waals surface area (Å²) in [6.07, 6.45) is 18.0. The van der Waals surface area contributed by atoms with Crippen LogP contribution in [0.5, 0.6) is 5.75 Å². The zero-order chi connectivity index (χ0) is 16.9. The third-order valence-corrected chi connectivity index (χ3v) is 4.51. The maximum atomic E-state index is 5.87. The van der Waals surface area contributed by atoms with Crippen molar-refractivity contribution in [2.45, 2.75) is 77.2 Å². The number of para-hydroxylation sites is 1. The molecule has 1 aliphatic heterocycles. The topological polar surface area (TPSA) is 21.8 Å². The van der Waals surface area contributed by atoms with Gasteiger partial charge in [0.05, 0.1) is 6.61 Å². The number of unbranched alkanes of at least 4 members (excludes halogenated alkanes) is 7. The van der Waals surface area contributed by atoms with Crippen LogP contribution in [0.3, 0.4) is 0 Å². The van der Waals surface area contributed by atoms with Crippen LogP contribution in [-0.2, 0) is 11.2 Å². The highest BCUT2D eigenvalue weighted by molar-refractivity contribution is 5.33. The van der Waals surface area contributed by atoms with Crippen LogP contribution < -0.4 is 4.74 Å². The Kier molecular flexibility index (Phi) is 9.63. The smallest absolute Gasteiger partial charge is 0.122 e. The van der Waals surface area contributed by atoms with E-state index >= 15 is 0 Å². The first-order valence-corrected chi connectivity index (χ1v) is 9.87. The fraction of sp³-hybridized carbons (Fsp3) is 0.636. The lowest BCUT2D eigenvalue weighted by Crippen LogP contribution is -2.05. The lowest BCUT2D eigenvalue weighted by molar-refractivity contribution is 0.261. The van der Waals surface area contributed by atoms with E-state index in [9.17, 15) is 0 Å². The summed E-state index contributed by atoms with van der Waals surface area (Å²) >= 11 is 0.